The van der Waals surface area contributed by atoms with Gasteiger partial charge in [0.2, 0.25) is 5.91 Å². The number of carbonyl (C=O) groups excluding carboxylic acids is 2. The summed E-state index contributed by atoms with van der Waals surface area (Å²) in [6, 6.07) is 3.76. The van der Waals surface area contributed by atoms with Crippen molar-refractivity contribution in [1.82, 2.24) is 9.80 Å². The zero-order valence-electron chi connectivity index (χ0n) is 11.9. The van der Waals surface area contributed by atoms with E-state index in [0.29, 0.717) is 13.0 Å². The standard InChI is InChI=1S/C14H22N2O2S/c1-4-16(11-14(18)15(2)3)9-5-7-12(17)13-8-6-10-19-13/h6,8,10H,4-5,7,9,11H2,1-3H3. The van der Waals surface area contributed by atoms with Crippen LogP contribution in [0.3, 0.4) is 0 Å². The lowest BCUT2D eigenvalue weighted by atomic mass is 10.2. The Balaban J connectivity index is 2.30. The van der Waals surface area contributed by atoms with E-state index >= 15 is 0 Å². The van der Waals surface area contributed by atoms with E-state index in [2.05, 4.69) is 4.90 Å². The van der Waals surface area contributed by atoms with Gasteiger partial charge in [-0.1, -0.05) is 13.0 Å². The monoisotopic (exact) mass is 282 g/mol. The second kappa shape index (κ2) is 8.07. The maximum absolute atomic E-state index is 11.8. The molecule has 0 spiro atoms. The van der Waals surface area contributed by atoms with E-state index in [1.165, 1.54) is 11.3 Å². The first-order valence-corrected chi connectivity index (χ1v) is 7.41. The Morgan fingerprint density at radius 3 is 2.58 bits per heavy atom. The van der Waals surface area contributed by atoms with Gasteiger partial charge in [0.1, 0.15) is 0 Å². The summed E-state index contributed by atoms with van der Waals surface area (Å²) >= 11 is 1.49. The predicted octanol–water partition coefficient (Wildman–Crippen LogP) is 2.12. The van der Waals surface area contributed by atoms with E-state index in [1.807, 2.05) is 24.4 Å². The Morgan fingerprint density at radius 2 is 2.05 bits per heavy atom. The van der Waals surface area contributed by atoms with Crippen molar-refractivity contribution in [2.45, 2.75) is 19.8 Å². The fraction of sp³-hybridized carbons (Fsp3) is 0.571. The number of nitrogens with zero attached hydrogens (tertiary/aromatic N) is 2. The molecule has 0 aliphatic rings. The summed E-state index contributed by atoms with van der Waals surface area (Å²) in [5.41, 5.74) is 0. The lowest BCUT2D eigenvalue weighted by molar-refractivity contribution is -0.129. The van der Waals surface area contributed by atoms with Crippen LogP contribution in [-0.2, 0) is 4.79 Å². The van der Waals surface area contributed by atoms with Crippen molar-refractivity contribution in [1.29, 1.82) is 0 Å². The molecule has 1 amide bonds. The average Bonchev–Trinajstić information content (AvgIpc) is 2.90. The largest absolute Gasteiger partial charge is 0.348 e. The highest BCUT2D eigenvalue weighted by atomic mass is 32.1. The summed E-state index contributed by atoms with van der Waals surface area (Å²) < 4.78 is 0. The topological polar surface area (TPSA) is 40.6 Å². The Labute approximate surface area is 119 Å². The third kappa shape index (κ3) is 5.53. The van der Waals surface area contributed by atoms with Crippen LogP contribution in [0.2, 0.25) is 0 Å². The minimum atomic E-state index is 0.103. The maximum Gasteiger partial charge on any atom is 0.236 e. The SMILES string of the molecule is CCN(CCCC(=O)c1cccs1)CC(=O)N(C)C. The number of carbonyl (C=O) groups is 2. The van der Waals surface area contributed by atoms with Gasteiger partial charge in [-0.15, -0.1) is 11.3 Å². The quantitative estimate of drug-likeness (QED) is 0.686. The summed E-state index contributed by atoms with van der Waals surface area (Å²) in [6.07, 6.45) is 1.35. The van der Waals surface area contributed by atoms with E-state index in [4.69, 9.17) is 0 Å². The summed E-state index contributed by atoms with van der Waals surface area (Å²) in [6.45, 7) is 4.07. The Bertz CT molecular complexity index is 402. The number of amides is 1. The van der Waals surface area contributed by atoms with E-state index in [0.717, 1.165) is 24.4 Å². The van der Waals surface area contributed by atoms with Crippen molar-refractivity contribution in [3.05, 3.63) is 22.4 Å². The van der Waals surface area contributed by atoms with E-state index in [9.17, 15) is 9.59 Å². The van der Waals surface area contributed by atoms with Crippen LogP contribution in [0.15, 0.2) is 17.5 Å². The van der Waals surface area contributed by atoms with Crippen molar-refractivity contribution in [2.75, 3.05) is 33.7 Å². The Morgan fingerprint density at radius 1 is 1.32 bits per heavy atom. The van der Waals surface area contributed by atoms with Crippen molar-refractivity contribution >= 4 is 23.0 Å². The van der Waals surface area contributed by atoms with Crippen LogP contribution in [0.1, 0.15) is 29.4 Å². The molecule has 4 nitrogen and oxygen atoms in total. The zero-order valence-corrected chi connectivity index (χ0v) is 12.7. The number of hydrogen-bond acceptors (Lipinski definition) is 4. The molecule has 0 radical (unpaired) electrons. The normalized spacial score (nSPS) is 10.7. The van der Waals surface area contributed by atoms with Gasteiger partial charge in [-0.2, -0.15) is 0 Å². The van der Waals surface area contributed by atoms with E-state index in [-0.39, 0.29) is 11.7 Å². The number of likely N-dealkylation sites (N-methyl/N-ethyl adjacent to an activating group) is 2. The lowest BCUT2D eigenvalue weighted by Gasteiger charge is -2.21. The highest BCUT2D eigenvalue weighted by Crippen LogP contribution is 2.12. The van der Waals surface area contributed by atoms with Gasteiger partial charge in [-0.25, -0.2) is 0 Å². The zero-order chi connectivity index (χ0) is 14.3. The molecule has 0 aromatic carbocycles. The molecule has 1 rings (SSSR count). The molecule has 0 saturated carbocycles. The molecule has 0 atom stereocenters. The van der Waals surface area contributed by atoms with Gasteiger partial charge in [0.15, 0.2) is 5.78 Å². The average molecular weight is 282 g/mol. The van der Waals surface area contributed by atoms with E-state index in [1.54, 1.807) is 19.0 Å². The first-order chi connectivity index (χ1) is 9.04. The fourth-order valence-electron chi connectivity index (χ4n) is 1.71. The molecule has 1 aromatic heterocycles. The number of ketones is 1. The fourth-order valence-corrected chi connectivity index (χ4v) is 2.40. The minimum absolute atomic E-state index is 0.103. The van der Waals surface area contributed by atoms with Crippen molar-refractivity contribution in [2.24, 2.45) is 0 Å². The molecule has 0 unspecified atom stereocenters. The summed E-state index contributed by atoms with van der Waals surface area (Å²) in [4.78, 5) is 27.9. The second-order valence-corrected chi connectivity index (χ2v) is 5.61. The van der Waals surface area contributed by atoms with Crippen LogP contribution in [0.25, 0.3) is 0 Å². The van der Waals surface area contributed by atoms with Crippen LogP contribution < -0.4 is 0 Å². The van der Waals surface area contributed by atoms with Gasteiger partial charge in [0.05, 0.1) is 11.4 Å². The molecule has 19 heavy (non-hydrogen) atoms. The highest BCUT2D eigenvalue weighted by Gasteiger charge is 2.12. The van der Waals surface area contributed by atoms with Crippen LogP contribution in [-0.4, -0.2) is 55.2 Å². The number of hydrogen-bond donors (Lipinski definition) is 0. The molecule has 1 aromatic rings. The van der Waals surface area contributed by atoms with Crippen LogP contribution in [0, 0.1) is 0 Å². The molecular formula is C14H22N2O2S. The van der Waals surface area contributed by atoms with Crippen molar-refractivity contribution in [3.63, 3.8) is 0 Å². The van der Waals surface area contributed by atoms with Gasteiger partial charge >= 0.3 is 0 Å². The molecule has 0 bridgehead atoms. The van der Waals surface area contributed by atoms with Gasteiger partial charge in [-0.05, 0) is 31.0 Å². The molecule has 0 saturated heterocycles. The van der Waals surface area contributed by atoms with Gasteiger partial charge < -0.3 is 4.90 Å². The Hall–Kier alpha value is -1.20. The molecule has 0 N–H and O–H groups in total. The Kier molecular flexibility index (Phi) is 6.73. The number of Topliss-reactive ketones (excluding diaryl/α,β-unsaturated/α-hetero) is 1. The van der Waals surface area contributed by atoms with Gasteiger partial charge in [-0.3, -0.25) is 14.5 Å². The molecule has 106 valence electrons. The number of thiophene rings is 1. The molecule has 0 fully saturated rings. The maximum atomic E-state index is 11.8. The first kappa shape index (κ1) is 15.9. The summed E-state index contributed by atoms with van der Waals surface area (Å²) in [7, 11) is 3.52. The third-order valence-corrected chi connectivity index (χ3v) is 3.89. The summed E-state index contributed by atoms with van der Waals surface area (Å²) in [5, 5.41) is 1.92. The molecule has 0 aliphatic carbocycles. The molecular weight excluding hydrogens is 260 g/mol. The van der Waals surface area contributed by atoms with Crippen molar-refractivity contribution in [3.8, 4) is 0 Å². The smallest absolute Gasteiger partial charge is 0.236 e. The first-order valence-electron chi connectivity index (χ1n) is 6.53. The number of rotatable bonds is 8. The second-order valence-electron chi connectivity index (χ2n) is 4.66. The van der Waals surface area contributed by atoms with Gasteiger partial charge in [0.25, 0.3) is 0 Å². The molecule has 1 heterocycles. The minimum Gasteiger partial charge on any atom is -0.348 e. The van der Waals surface area contributed by atoms with Crippen LogP contribution >= 0.6 is 11.3 Å². The van der Waals surface area contributed by atoms with E-state index < -0.39 is 0 Å². The van der Waals surface area contributed by atoms with Crippen molar-refractivity contribution < 1.29 is 9.59 Å². The molecule has 0 aliphatic heterocycles. The lowest BCUT2D eigenvalue weighted by Crippen LogP contribution is -2.37. The van der Waals surface area contributed by atoms with Crippen LogP contribution in [0.4, 0.5) is 0 Å². The molecule has 5 heteroatoms. The van der Waals surface area contributed by atoms with Crippen LogP contribution in [0.5, 0.6) is 0 Å². The highest BCUT2D eigenvalue weighted by molar-refractivity contribution is 7.12. The third-order valence-electron chi connectivity index (χ3n) is 2.98. The predicted molar refractivity (Wildman–Crippen MR) is 78.7 cm³/mol. The summed E-state index contributed by atoms with van der Waals surface area (Å²) in [5.74, 6) is 0.302. The van der Waals surface area contributed by atoms with Gasteiger partial charge in [0, 0.05) is 20.5 Å².